The maximum Gasteiger partial charge on any atom is 0.319 e. The molecule has 196 valence electrons. The van der Waals surface area contributed by atoms with Crippen LogP contribution in [-0.4, -0.2) is 62.4 Å². The molecule has 0 spiro atoms. The minimum absolute atomic E-state index is 0.0444. The number of ether oxygens (including phenoxy) is 2. The Bertz CT molecular complexity index is 1400. The molecule has 3 aromatic carbocycles. The van der Waals surface area contributed by atoms with Crippen LogP contribution in [0.5, 0.6) is 5.75 Å². The van der Waals surface area contributed by atoms with Crippen LogP contribution < -0.4 is 15.4 Å². The minimum atomic E-state index is -0.259. The van der Waals surface area contributed by atoms with Gasteiger partial charge in [-0.2, -0.15) is 0 Å². The lowest BCUT2D eigenvalue weighted by Gasteiger charge is -2.21. The number of rotatable bonds is 8. The van der Waals surface area contributed by atoms with E-state index in [1.807, 2.05) is 66.7 Å². The van der Waals surface area contributed by atoms with E-state index in [1.54, 1.807) is 14.2 Å². The van der Waals surface area contributed by atoms with Crippen molar-refractivity contribution in [2.45, 2.75) is 12.0 Å². The third-order valence-electron chi connectivity index (χ3n) is 6.91. The van der Waals surface area contributed by atoms with E-state index >= 15 is 0 Å². The molecule has 7 nitrogen and oxygen atoms in total. The summed E-state index contributed by atoms with van der Waals surface area (Å²) in [6, 6.07) is 25.7. The molecule has 1 fully saturated rings. The van der Waals surface area contributed by atoms with Crippen LogP contribution in [0.4, 0.5) is 10.5 Å². The molecule has 1 aliphatic heterocycles. The molecule has 2 amide bonds. The van der Waals surface area contributed by atoms with Crippen molar-refractivity contribution in [1.29, 1.82) is 0 Å². The highest BCUT2D eigenvalue weighted by atomic mass is 79.9. The number of hydrogen-bond acceptors (Lipinski definition) is 5. The van der Waals surface area contributed by atoms with E-state index in [0.29, 0.717) is 23.7 Å². The predicted molar refractivity (Wildman–Crippen MR) is 155 cm³/mol. The average Bonchev–Trinajstić information content (AvgIpc) is 3.34. The Hall–Kier alpha value is -3.46. The van der Waals surface area contributed by atoms with Crippen LogP contribution in [-0.2, 0) is 4.74 Å². The second kappa shape index (κ2) is 11.9. The molecule has 2 atom stereocenters. The molecule has 0 unspecified atom stereocenters. The summed E-state index contributed by atoms with van der Waals surface area (Å²) >= 11 is 3.55. The Kier molecular flexibility index (Phi) is 8.22. The molecule has 2 heterocycles. The maximum absolute atomic E-state index is 13.4. The molecule has 8 heteroatoms. The van der Waals surface area contributed by atoms with Gasteiger partial charge in [0.1, 0.15) is 11.3 Å². The normalized spacial score (nSPS) is 17.4. The van der Waals surface area contributed by atoms with Crippen LogP contribution in [0.1, 0.15) is 11.5 Å². The number of carbonyl (C=O) groups excluding carboxylic acids is 1. The second-order valence-electron chi connectivity index (χ2n) is 9.40. The van der Waals surface area contributed by atoms with Crippen LogP contribution in [0.25, 0.3) is 22.2 Å². The van der Waals surface area contributed by atoms with E-state index in [9.17, 15) is 4.79 Å². The second-order valence-corrected chi connectivity index (χ2v) is 10.3. The zero-order chi connectivity index (χ0) is 26.5. The van der Waals surface area contributed by atoms with Crippen molar-refractivity contribution >= 4 is 38.6 Å². The third-order valence-corrected chi connectivity index (χ3v) is 7.37. The van der Waals surface area contributed by atoms with E-state index in [-0.39, 0.29) is 18.0 Å². The molecule has 0 bridgehead atoms. The Labute approximate surface area is 231 Å². The number of carbonyl (C=O) groups is 1. The van der Waals surface area contributed by atoms with Gasteiger partial charge in [0.2, 0.25) is 0 Å². The molecule has 38 heavy (non-hydrogen) atoms. The van der Waals surface area contributed by atoms with E-state index in [2.05, 4.69) is 43.6 Å². The quantitative estimate of drug-likeness (QED) is 0.273. The van der Waals surface area contributed by atoms with Crippen molar-refractivity contribution in [3.63, 3.8) is 0 Å². The van der Waals surface area contributed by atoms with Gasteiger partial charge >= 0.3 is 6.03 Å². The minimum Gasteiger partial charge on any atom is -0.494 e. The highest BCUT2D eigenvalue weighted by molar-refractivity contribution is 9.10. The van der Waals surface area contributed by atoms with Crippen LogP contribution in [0.2, 0.25) is 0 Å². The first-order chi connectivity index (χ1) is 18.6. The van der Waals surface area contributed by atoms with Crippen LogP contribution >= 0.6 is 15.9 Å². The zero-order valence-electron chi connectivity index (χ0n) is 21.5. The van der Waals surface area contributed by atoms with Gasteiger partial charge < -0.3 is 20.1 Å². The molecule has 0 saturated carbocycles. The van der Waals surface area contributed by atoms with E-state index < -0.39 is 0 Å². The number of amides is 2. The third kappa shape index (κ3) is 5.83. The molecule has 0 radical (unpaired) electrons. The van der Waals surface area contributed by atoms with Crippen molar-refractivity contribution < 1.29 is 14.3 Å². The first-order valence-corrected chi connectivity index (χ1v) is 13.4. The summed E-state index contributed by atoms with van der Waals surface area (Å²) in [5, 5.41) is 7.21. The highest BCUT2D eigenvalue weighted by Gasteiger charge is 2.34. The van der Waals surface area contributed by atoms with Crippen molar-refractivity contribution in [2.75, 3.05) is 45.8 Å². The number of aromatic nitrogens is 1. The number of nitrogens with one attached hydrogen (secondary N) is 2. The predicted octanol–water partition coefficient (Wildman–Crippen LogP) is 5.91. The number of nitrogens with zero attached hydrogens (tertiary/aromatic N) is 2. The number of anilines is 1. The molecule has 1 aromatic heterocycles. The molecular formula is C30H31BrN4O3. The van der Waals surface area contributed by atoms with Gasteiger partial charge in [-0.15, -0.1) is 0 Å². The summed E-state index contributed by atoms with van der Waals surface area (Å²) < 4.78 is 11.8. The van der Waals surface area contributed by atoms with Gasteiger partial charge in [-0.25, -0.2) is 9.78 Å². The number of hydrogen-bond donors (Lipinski definition) is 2. The van der Waals surface area contributed by atoms with Crippen LogP contribution in [0, 0.1) is 0 Å². The number of urea groups is 1. The summed E-state index contributed by atoms with van der Waals surface area (Å²) in [5.41, 5.74) is 4.16. The standard InChI is InChI=1S/C30H31BrN4O3/c1-37-14-13-35-18-24(20-9-5-3-6-10-20)26(19-35)33-30(36)32-25-16-22-15-23(31)17-27(38-2)29(22)34-28(25)21-11-7-4-8-12-21/h3-12,15-17,24,26H,13-14,18-19H2,1-2H3,(H2,32,33,36)/t24-,26+/m0/s1. The summed E-state index contributed by atoms with van der Waals surface area (Å²) in [6.45, 7) is 3.09. The van der Waals surface area contributed by atoms with Crippen molar-refractivity contribution in [2.24, 2.45) is 0 Å². The molecular weight excluding hydrogens is 544 g/mol. The monoisotopic (exact) mass is 574 g/mol. The Morgan fingerprint density at radius 2 is 1.76 bits per heavy atom. The SMILES string of the molecule is COCCN1C[C@@H](NC(=O)Nc2cc3cc(Br)cc(OC)c3nc2-c2ccccc2)[C@H](c2ccccc2)C1. The van der Waals surface area contributed by atoms with E-state index in [4.69, 9.17) is 14.5 Å². The fourth-order valence-electron chi connectivity index (χ4n) is 5.09. The first-order valence-electron chi connectivity index (χ1n) is 12.6. The highest BCUT2D eigenvalue weighted by Crippen LogP contribution is 2.35. The van der Waals surface area contributed by atoms with Gasteiger partial charge in [-0.1, -0.05) is 76.6 Å². The smallest absolute Gasteiger partial charge is 0.319 e. The Balaban J connectivity index is 1.44. The van der Waals surface area contributed by atoms with Gasteiger partial charge in [-0.05, 0) is 23.8 Å². The van der Waals surface area contributed by atoms with Crippen molar-refractivity contribution in [3.8, 4) is 17.0 Å². The number of halogens is 1. The zero-order valence-corrected chi connectivity index (χ0v) is 23.1. The molecule has 0 aliphatic carbocycles. The number of likely N-dealkylation sites (tertiary alicyclic amines) is 1. The lowest BCUT2D eigenvalue weighted by atomic mass is 9.94. The number of pyridine rings is 1. The number of benzene rings is 3. The maximum atomic E-state index is 13.4. The number of methoxy groups -OCH3 is 2. The molecule has 2 N–H and O–H groups in total. The van der Waals surface area contributed by atoms with Crippen molar-refractivity contribution in [1.82, 2.24) is 15.2 Å². The Morgan fingerprint density at radius 1 is 1.03 bits per heavy atom. The fraction of sp³-hybridized carbons (Fsp3) is 0.267. The van der Waals surface area contributed by atoms with E-state index in [0.717, 1.165) is 40.6 Å². The fourth-order valence-corrected chi connectivity index (χ4v) is 5.54. The lowest BCUT2D eigenvalue weighted by molar-refractivity contribution is 0.159. The molecule has 1 saturated heterocycles. The van der Waals surface area contributed by atoms with Gasteiger partial charge in [0.05, 0.1) is 31.1 Å². The van der Waals surface area contributed by atoms with E-state index in [1.165, 1.54) is 5.56 Å². The van der Waals surface area contributed by atoms with Gasteiger partial charge in [0.15, 0.2) is 0 Å². The van der Waals surface area contributed by atoms with Gasteiger partial charge in [0, 0.05) is 48.1 Å². The summed E-state index contributed by atoms with van der Waals surface area (Å²) in [6.07, 6.45) is 0. The molecule has 5 rings (SSSR count). The first kappa shape index (κ1) is 26.2. The topological polar surface area (TPSA) is 75.7 Å². The summed E-state index contributed by atoms with van der Waals surface area (Å²) in [7, 11) is 3.34. The van der Waals surface area contributed by atoms with Crippen LogP contribution in [0.15, 0.2) is 83.3 Å². The van der Waals surface area contributed by atoms with Gasteiger partial charge in [0.25, 0.3) is 0 Å². The summed E-state index contributed by atoms with van der Waals surface area (Å²) in [4.78, 5) is 20.7. The van der Waals surface area contributed by atoms with Crippen molar-refractivity contribution in [3.05, 3.63) is 88.9 Å². The number of fused-ring (bicyclic) bond motifs is 1. The summed E-state index contributed by atoms with van der Waals surface area (Å²) in [5.74, 6) is 0.845. The Morgan fingerprint density at radius 3 is 2.47 bits per heavy atom. The van der Waals surface area contributed by atoms with Crippen LogP contribution in [0.3, 0.4) is 0 Å². The van der Waals surface area contributed by atoms with Gasteiger partial charge in [-0.3, -0.25) is 4.90 Å². The lowest BCUT2D eigenvalue weighted by Crippen LogP contribution is -2.42. The molecule has 4 aromatic rings. The average molecular weight is 576 g/mol. The largest absolute Gasteiger partial charge is 0.494 e. The molecule has 1 aliphatic rings.